The number of benzene rings is 1. The molecule has 0 aromatic heterocycles. The molecule has 2 saturated carbocycles. The number of hydrogen-bond acceptors (Lipinski definition) is 3. The molecule has 4 aliphatic rings. The zero-order valence-electron chi connectivity index (χ0n) is 15.0. The molecule has 4 heteroatoms. The van der Waals surface area contributed by atoms with Crippen LogP contribution in [0.2, 0.25) is 0 Å². The zero-order chi connectivity index (χ0) is 17.2. The van der Waals surface area contributed by atoms with Crippen LogP contribution in [0.1, 0.15) is 56.1 Å². The molecule has 3 fully saturated rings. The van der Waals surface area contributed by atoms with Gasteiger partial charge in [-0.1, -0.05) is 12.1 Å². The van der Waals surface area contributed by atoms with Crippen LogP contribution in [0, 0.1) is 11.3 Å². The minimum atomic E-state index is -0.614. The van der Waals surface area contributed by atoms with Gasteiger partial charge in [0, 0.05) is 30.8 Å². The lowest BCUT2D eigenvalue weighted by molar-refractivity contribution is -0.161. The Morgan fingerprint density at radius 3 is 2.84 bits per heavy atom. The highest BCUT2D eigenvalue weighted by Gasteiger charge is 2.53. The number of fused-ring (bicyclic) bond motifs is 1. The lowest BCUT2D eigenvalue weighted by Crippen LogP contribution is -2.61. The smallest absolute Gasteiger partial charge is 0.225 e. The van der Waals surface area contributed by atoms with E-state index in [9.17, 15) is 9.90 Å². The minimum absolute atomic E-state index is 0.0541. The van der Waals surface area contributed by atoms with Gasteiger partial charge in [-0.25, -0.2) is 0 Å². The first-order valence-electron chi connectivity index (χ1n) is 9.70. The van der Waals surface area contributed by atoms with Gasteiger partial charge in [0.2, 0.25) is 5.91 Å². The summed E-state index contributed by atoms with van der Waals surface area (Å²) >= 11 is 0. The van der Waals surface area contributed by atoms with Gasteiger partial charge >= 0.3 is 0 Å². The van der Waals surface area contributed by atoms with E-state index in [4.69, 9.17) is 4.74 Å². The molecular formula is C21H27NO3. The van der Waals surface area contributed by atoms with Crippen LogP contribution in [0.15, 0.2) is 18.2 Å². The first kappa shape index (κ1) is 15.7. The van der Waals surface area contributed by atoms with Crippen LogP contribution in [0.4, 0.5) is 0 Å². The van der Waals surface area contributed by atoms with Gasteiger partial charge in [-0.3, -0.25) is 4.79 Å². The molecule has 1 aromatic rings. The summed E-state index contributed by atoms with van der Waals surface area (Å²) in [5, 5.41) is 9.86. The average molecular weight is 341 g/mol. The predicted octanol–water partition coefficient (Wildman–Crippen LogP) is 2.88. The summed E-state index contributed by atoms with van der Waals surface area (Å²) < 4.78 is 5.73. The number of nitrogens with zero attached hydrogens (tertiary/aromatic N) is 1. The van der Waals surface area contributed by atoms with Crippen molar-refractivity contribution in [2.75, 3.05) is 19.7 Å². The van der Waals surface area contributed by atoms with E-state index in [-0.39, 0.29) is 11.8 Å². The summed E-state index contributed by atoms with van der Waals surface area (Å²) in [6, 6.07) is 6.78. The zero-order valence-corrected chi connectivity index (χ0v) is 15.0. The van der Waals surface area contributed by atoms with Crippen LogP contribution < -0.4 is 4.74 Å². The summed E-state index contributed by atoms with van der Waals surface area (Å²) in [6.07, 6.45) is 5.94. The lowest BCUT2D eigenvalue weighted by Gasteiger charge is -2.52. The second kappa shape index (κ2) is 5.23. The Balaban J connectivity index is 1.20. The molecule has 25 heavy (non-hydrogen) atoms. The van der Waals surface area contributed by atoms with Crippen molar-refractivity contribution in [3.63, 3.8) is 0 Å². The van der Waals surface area contributed by atoms with E-state index in [0.29, 0.717) is 24.2 Å². The molecule has 2 aliphatic heterocycles. The molecule has 0 radical (unpaired) electrons. The van der Waals surface area contributed by atoms with E-state index in [2.05, 4.69) is 18.2 Å². The quantitative estimate of drug-likeness (QED) is 0.900. The molecule has 1 saturated heterocycles. The third-order valence-electron chi connectivity index (χ3n) is 6.98. The third-order valence-corrected chi connectivity index (χ3v) is 6.98. The number of carbonyl (C=O) groups excluding carboxylic acids is 1. The molecule has 1 atom stereocenters. The van der Waals surface area contributed by atoms with Gasteiger partial charge in [-0.2, -0.15) is 0 Å². The topological polar surface area (TPSA) is 49.8 Å². The maximum atomic E-state index is 12.5. The number of aliphatic hydroxyl groups is 1. The summed E-state index contributed by atoms with van der Waals surface area (Å²) in [5.74, 6) is 2.02. The van der Waals surface area contributed by atoms with Crippen molar-refractivity contribution in [2.45, 2.75) is 57.0 Å². The van der Waals surface area contributed by atoms with E-state index in [0.717, 1.165) is 31.9 Å². The van der Waals surface area contributed by atoms with Crippen LogP contribution in [-0.4, -0.2) is 41.2 Å². The van der Waals surface area contributed by atoms with E-state index in [1.807, 2.05) is 11.8 Å². The van der Waals surface area contributed by atoms with E-state index in [1.165, 1.54) is 30.4 Å². The van der Waals surface area contributed by atoms with Crippen LogP contribution in [-0.2, 0) is 11.2 Å². The van der Waals surface area contributed by atoms with Crippen molar-refractivity contribution in [1.82, 2.24) is 4.90 Å². The number of likely N-dealkylation sites (tertiary alicyclic amines) is 1. The van der Waals surface area contributed by atoms with Crippen LogP contribution in [0.3, 0.4) is 0 Å². The Morgan fingerprint density at radius 1 is 1.28 bits per heavy atom. The van der Waals surface area contributed by atoms with Crippen molar-refractivity contribution in [3.8, 4) is 5.75 Å². The third kappa shape index (κ3) is 2.57. The minimum Gasteiger partial charge on any atom is -0.493 e. The predicted molar refractivity (Wildman–Crippen MR) is 94.6 cm³/mol. The normalized spacial score (nSPS) is 35.0. The van der Waals surface area contributed by atoms with Gasteiger partial charge in [0.1, 0.15) is 5.75 Å². The highest BCUT2D eigenvalue weighted by atomic mass is 16.5. The summed E-state index contributed by atoms with van der Waals surface area (Å²) in [4.78, 5) is 14.5. The SMILES string of the molecule is CC1(O)CC(C(=O)N2CC3(CC[C@@H](c4ccc5c(c4)OCC5)C3)C2)C1. The Morgan fingerprint density at radius 2 is 2.08 bits per heavy atom. The first-order chi connectivity index (χ1) is 11.9. The Bertz CT molecular complexity index is 712. The van der Waals surface area contributed by atoms with Crippen LogP contribution in [0.25, 0.3) is 0 Å². The van der Waals surface area contributed by atoms with Crippen molar-refractivity contribution in [1.29, 1.82) is 0 Å². The highest BCUT2D eigenvalue weighted by molar-refractivity contribution is 5.81. The number of rotatable bonds is 2. The molecule has 5 rings (SSSR count). The summed E-state index contributed by atoms with van der Waals surface area (Å²) in [7, 11) is 0. The van der Waals surface area contributed by atoms with Gasteiger partial charge in [0.25, 0.3) is 0 Å². The highest BCUT2D eigenvalue weighted by Crippen LogP contribution is 2.53. The van der Waals surface area contributed by atoms with Crippen LogP contribution in [0.5, 0.6) is 5.75 Å². The largest absolute Gasteiger partial charge is 0.493 e. The second-order valence-electron chi connectivity index (χ2n) is 9.20. The molecule has 1 spiro atoms. The van der Waals surface area contributed by atoms with Gasteiger partial charge in [-0.05, 0) is 62.1 Å². The van der Waals surface area contributed by atoms with E-state index < -0.39 is 5.60 Å². The van der Waals surface area contributed by atoms with Crippen molar-refractivity contribution >= 4 is 5.91 Å². The Hall–Kier alpha value is -1.55. The maximum Gasteiger partial charge on any atom is 0.225 e. The van der Waals surface area contributed by atoms with Gasteiger partial charge in [0.15, 0.2) is 0 Å². The van der Waals surface area contributed by atoms with Gasteiger partial charge in [0.05, 0.1) is 12.2 Å². The Kier molecular flexibility index (Phi) is 3.28. The second-order valence-corrected chi connectivity index (χ2v) is 9.20. The molecule has 2 heterocycles. The fourth-order valence-corrected chi connectivity index (χ4v) is 5.57. The number of carbonyl (C=O) groups is 1. The Labute approximate surface area is 149 Å². The number of hydrogen-bond donors (Lipinski definition) is 1. The standard InChI is InChI=1S/C21H27NO3/c1-20(24)9-17(10-20)19(23)22-12-21(13-22)6-4-16(11-21)15-3-2-14-5-7-25-18(14)8-15/h2-3,8,16-17,24H,4-7,9-13H2,1H3/t16-,17?,20?/m1/s1. The van der Waals surface area contributed by atoms with E-state index >= 15 is 0 Å². The maximum absolute atomic E-state index is 12.5. The van der Waals surface area contributed by atoms with Crippen molar-refractivity contribution < 1.29 is 14.6 Å². The van der Waals surface area contributed by atoms with E-state index in [1.54, 1.807) is 0 Å². The molecular weight excluding hydrogens is 314 g/mol. The fourth-order valence-electron chi connectivity index (χ4n) is 5.57. The summed E-state index contributed by atoms with van der Waals surface area (Å²) in [6.45, 7) is 4.49. The average Bonchev–Trinajstić information content (AvgIpc) is 3.16. The molecule has 1 amide bonds. The van der Waals surface area contributed by atoms with Crippen LogP contribution >= 0.6 is 0 Å². The van der Waals surface area contributed by atoms with Crippen molar-refractivity contribution in [3.05, 3.63) is 29.3 Å². The molecule has 1 aromatic carbocycles. The monoisotopic (exact) mass is 341 g/mol. The number of ether oxygens (including phenoxy) is 1. The fraction of sp³-hybridized carbons (Fsp3) is 0.667. The molecule has 1 N–H and O–H groups in total. The molecule has 2 aliphatic carbocycles. The first-order valence-corrected chi connectivity index (χ1v) is 9.70. The summed E-state index contributed by atoms with van der Waals surface area (Å²) in [5.41, 5.74) is 2.48. The lowest BCUT2D eigenvalue weighted by atomic mass is 9.69. The molecule has 0 unspecified atom stereocenters. The molecule has 4 nitrogen and oxygen atoms in total. The molecule has 0 bridgehead atoms. The molecule has 134 valence electrons. The van der Waals surface area contributed by atoms with Gasteiger partial charge < -0.3 is 14.7 Å². The van der Waals surface area contributed by atoms with Crippen molar-refractivity contribution in [2.24, 2.45) is 11.3 Å². The van der Waals surface area contributed by atoms with Gasteiger partial charge in [-0.15, -0.1) is 0 Å². The number of amides is 1.